The average Bonchev–Trinajstić information content (AvgIpc) is 2.48. The minimum atomic E-state index is 0.413. The Morgan fingerprint density at radius 2 is 1.90 bits per heavy atom. The summed E-state index contributed by atoms with van der Waals surface area (Å²) in [7, 11) is 3.50. The van der Waals surface area contributed by atoms with Gasteiger partial charge in [0.15, 0.2) is 5.82 Å². The monoisotopic (exact) mass is 271 g/mol. The predicted octanol–water partition coefficient (Wildman–Crippen LogP) is 3.28. The molecule has 0 saturated heterocycles. The first-order chi connectivity index (χ1) is 9.76. The fraction of sp³-hybridized carbons (Fsp3) is 0.375. The summed E-state index contributed by atoms with van der Waals surface area (Å²) in [6.45, 7) is 2.60. The van der Waals surface area contributed by atoms with Gasteiger partial charge in [0.1, 0.15) is 12.4 Å². The van der Waals surface area contributed by atoms with Crippen LogP contribution in [0.2, 0.25) is 0 Å². The van der Waals surface area contributed by atoms with Crippen molar-refractivity contribution in [2.75, 3.05) is 19.5 Å². The SMILES string of the molecule is CCCc1ccc(-c2cc(NC)nc(COC)n2)cc1. The molecule has 0 unspecified atom stereocenters. The Balaban J connectivity index is 2.32. The topological polar surface area (TPSA) is 47.0 Å². The minimum Gasteiger partial charge on any atom is -0.377 e. The Hall–Kier alpha value is -1.94. The van der Waals surface area contributed by atoms with Gasteiger partial charge in [-0.1, -0.05) is 37.6 Å². The lowest BCUT2D eigenvalue weighted by molar-refractivity contribution is 0.178. The van der Waals surface area contributed by atoms with Gasteiger partial charge in [0.05, 0.1) is 5.69 Å². The van der Waals surface area contributed by atoms with Crippen LogP contribution in [0.5, 0.6) is 0 Å². The van der Waals surface area contributed by atoms with Crippen molar-refractivity contribution < 1.29 is 4.74 Å². The molecule has 1 heterocycles. The van der Waals surface area contributed by atoms with Crippen LogP contribution in [-0.2, 0) is 17.8 Å². The first-order valence-corrected chi connectivity index (χ1v) is 6.90. The summed E-state index contributed by atoms with van der Waals surface area (Å²) in [4.78, 5) is 8.91. The summed E-state index contributed by atoms with van der Waals surface area (Å²) >= 11 is 0. The maximum absolute atomic E-state index is 5.12. The second-order valence-electron chi connectivity index (χ2n) is 4.68. The van der Waals surface area contributed by atoms with Crippen LogP contribution in [0, 0.1) is 0 Å². The van der Waals surface area contributed by atoms with E-state index in [0.29, 0.717) is 12.4 Å². The third kappa shape index (κ3) is 3.54. The van der Waals surface area contributed by atoms with E-state index in [-0.39, 0.29) is 0 Å². The van der Waals surface area contributed by atoms with E-state index < -0.39 is 0 Å². The van der Waals surface area contributed by atoms with Gasteiger partial charge in [-0.05, 0) is 12.0 Å². The minimum absolute atomic E-state index is 0.413. The van der Waals surface area contributed by atoms with Crippen molar-refractivity contribution in [2.45, 2.75) is 26.4 Å². The Labute approximate surface area is 120 Å². The third-order valence-corrected chi connectivity index (χ3v) is 3.09. The van der Waals surface area contributed by atoms with Crippen LogP contribution in [0.25, 0.3) is 11.3 Å². The Morgan fingerprint density at radius 1 is 1.15 bits per heavy atom. The van der Waals surface area contributed by atoms with Crippen LogP contribution in [0.15, 0.2) is 30.3 Å². The number of aryl methyl sites for hydroxylation is 1. The molecule has 0 aliphatic heterocycles. The molecular formula is C16H21N3O. The molecule has 0 fully saturated rings. The van der Waals surface area contributed by atoms with Crippen molar-refractivity contribution in [3.63, 3.8) is 0 Å². The molecule has 0 aliphatic rings. The molecule has 0 bridgehead atoms. The van der Waals surface area contributed by atoms with Gasteiger partial charge >= 0.3 is 0 Å². The fourth-order valence-electron chi connectivity index (χ4n) is 2.10. The van der Waals surface area contributed by atoms with Crippen LogP contribution in [-0.4, -0.2) is 24.1 Å². The zero-order valence-electron chi connectivity index (χ0n) is 12.3. The van der Waals surface area contributed by atoms with Gasteiger partial charge in [0, 0.05) is 25.8 Å². The molecule has 0 atom stereocenters. The number of rotatable bonds is 6. The maximum Gasteiger partial charge on any atom is 0.157 e. The molecule has 4 heteroatoms. The van der Waals surface area contributed by atoms with E-state index in [9.17, 15) is 0 Å². The normalized spacial score (nSPS) is 10.6. The van der Waals surface area contributed by atoms with E-state index in [1.54, 1.807) is 7.11 Å². The summed E-state index contributed by atoms with van der Waals surface area (Å²) in [5.74, 6) is 1.49. The second-order valence-corrected chi connectivity index (χ2v) is 4.68. The average molecular weight is 271 g/mol. The largest absolute Gasteiger partial charge is 0.377 e. The van der Waals surface area contributed by atoms with Crippen molar-refractivity contribution in [1.29, 1.82) is 0 Å². The molecule has 0 radical (unpaired) electrons. The Kier molecular flexibility index (Phi) is 5.07. The lowest BCUT2D eigenvalue weighted by Crippen LogP contribution is -2.02. The zero-order chi connectivity index (χ0) is 14.4. The smallest absolute Gasteiger partial charge is 0.157 e. The number of nitrogens with zero attached hydrogens (tertiary/aromatic N) is 2. The van der Waals surface area contributed by atoms with Crippen LogP contribution >= 0.6 is 0 Å². The van der Waals surface area contributed by atoms with Gasteiger partial charge < -0.3 is 10.1 Å². The van der Waals surface area contributed by atoms with Crippen molar-refractivity contribution in [1.82, 2.24) is 9.97 Å². The predicted molar refractivity (Wildman–Crippen MR) is 81.7 cm³/mol. The first kappa shape index (κ1) is 14.5. The quantitative estimate of drug-likeness (QED) is 0.875. The van der Waals surface area contributed by atoms with Gasteiger partial charge in [-0.15, -0.1) is 0 Å². The molecule has 1 aromatic heterocycles. The highest BCUT2D eigenvalue weighted by molar-refractivity contribution is 5.62. The number of hydrogen-bond acceptors (Lipinski definition) is 4. The number of anilines is 1. The summed E-state index contributed by atoms with van der Waals surface area (Å²) in [5.41, 5.74) is 3.37. The van der Waals surface area contributed by atoms with E-state index in [2.05, 4.69) is 46.5 Å². The third-order valence-electron chi connectivity index (χ3n) is 3.09. The van der Waals surface area contributed by atoms with E-state index in [0.717, 1.165) is 29.9 Å². The molecule has 0 amide bonds. The summed E-state index contributed by atoms with van der Waals surface area (Å²) in [6, 6.07) is 10.5. The van der Waals surface area contributed by atoms with E-state index in [1.165, 1.54) is 5.56 Å². The number of hydrogen-bond donors (Lipinski definition) is 1. The standard InChI is InChI=1S/C16H21N3O/c1-4-5-12-6-8-13(9-7-12)14-10-15(17-2)19-16(18-14)11-20-3/h6-10H,4-5,11H2,1-3H3,(H,17,18,19). The molecule has 106 valence electrons. The van der Waals surface area contributed by atoms with Gasteiger partial charge in [-0.3, -0.25) is 0 Å². The summed E-state index contributed by atoms with van der Waals surface area (Å²) in [5, 5.41) is 3.06. The van der Waals surface area contributed by atoms with Crippen molar-refractivity contribution >= 4 is 5.82 Å². The highest BCUT2D eigenvalue weighted by Crippen LogP contribution is 2.21. The van der Waals surface area contributed by atoms with Gasteiger partial charge in [-0.25, -0.2) is 9.97 Å². The summed E-state index contributed by atoms with van der Waals surface area (Å²) < 4.78 is 5.12. The van der Waals surface area contributed by atoms with E-state index in [1.807, 2.05) is 13.1 Å². The lowest BCUT2D eigenvalue weighted by Gasteiger charge is -2.08. The first-order valence-electron chi connectivity index (χ1n) is 6.90. The molecule has 1 N–H and O–H groups in total. The van der Waals surface area contributed by atoms with Gasteiger partial charge in [-0.2, -0.15) is 0 Å². The van der Waals surface area contributed by atoms with Crippen LogP contribution in [0.1, 0.15) is 24.7 Å². The van der Waals surface area contributed by atoms with Gasteiger partial charge in [0.2, 0.25) is 0 Å². The van der Waals surface area contributed by atoms with Crippen LogP contribution in [0.4, 0.5) is 5.82 Å². The number of methoxy groups -OCH3 is 1. The molecular weight excluding hydrogens is 250 g/mol. The Bertz CT molecular complexity index is 552. The molecule has 0 spiro atoms. The number of benzene rings is 1. The van der Waals surface area contributed by atoms with Crippen molar-refractivity contribution in [3.8, 4) is 11.3 Å². The zero-order valence-corrected chi connectivity index (χ0v) is 12.3. The molecule has 2 rings (SSSR count). The van der Waals surface area contributed by atoms with Gasteiger partial charge in [0.25, 0.3) is 0 Å². The second kappa shape index (κ2) is 7.01. The van der Waals surface area contributed by atoms with E-state index in [4.69, 9.17) is 4.74 Å². The van der Waals surface area contributed by atoms with Crippen LogP contribution in [0.3, 0.4) is 0 Å². The molecule has 0 aliphatic carbocycles. The summed E-state index contributed by atoms with van der Waals surface area (Å²) in [6.07, 6.45) is 2.27. The molecule has 2 aromatic rings. The number of nitrogens with one attached hydrogen (secondary N) is 1. The highest BCUT2D eigenvalue weighted by Gasteiger charge is 2.06. The molecule has 4 nitrogen and oxygen atoms in total. The van der Waals surface area contributed by atoms with Crippen LogP contribution < -0.4 is 5.32 Å². The molecule has 0 saturated carbocycles. The fourth-order valence-corrected chi connectivity index (χ4v) is 2.10. The lowest BCUT2D eigenvalue weighted by atomic mass is 10.1. The van der Waals surface area contributed by atoms with E-state index >= 15 is 0 Å². The number of ether oxygens (including phenoxy) is 1. The molecule has 1 aromatic carbocycles. The Morgan fingerprint density at radius 3 is 2.50 bits per heavy atom. The van der Waals surface area contributed by atoms with Crippen molar-refractivity contribution in [2.24, 2.45) is 0 Å². The highest BCUT2D eigenvalue weighted by atomic mass is 16.5. The van der Waals surface area contributed by atoms with Crippen molar-refractivity contribution in [3.05, 3.63) is 41.7 Å². The maximum atomic E-state index is 5.12. The molecule has 20 heavy (non-hydrogen) atoms. The number of aromatic nitrogens is 2.